The van der Waals surface area contributed by atoms with E-state index in [0.29, 0.717) is 17.9 Å². The number of rotatable bonds is 4. The molecule has 0 amide bonds. The second-order valence-electron chi connectivity index (χ2n) is 2.99. The summed E-state index contributed by atoms with van der Waals surface area (Å²) in [4.78, 5) is 15.1. The molecular weight excluding hydrogens is 208 g/mol. The third-order valence-corrected chi connectivity index (χ3v) is 1.89. The summed E-state index contributed by atoms with van der Waals surface area (Å²) in [5.41, 5.74) is 0.865. The highest BCUT2D eigenvalue weighted by Gasteiger charge is 2.09. The molecule has 0 aliphatic rings. The van der Waals surface area contributed by atoms with Crippen LogP contribution in [0.15, 0.2) is 12.3 Å². The van der Waals surface area contributed by atoms with Crippen molar-refractivity contribution in [2.45, 2.75) is 13.3 Å². The van der Waals surface area contributed by atoms with Crippen molar-refractivity contribution in [1.29, 1.82) is 5.26 Å². The van der Waals surface area contributed by atoms with E-state index in [2.05, 4.69) is 4.98 Å². The number of carbonyl (C=O) groups is 1. The molecule has 0 unspecified atom stereocenters. The Morgan fingerprint density at radius 1 is 1.62 bits per heavy atom. The van der Waals surface area contributed by atoms with Gasteiger partial charge in [0, 0.05) is 6.20 Å². The van der Waals surface area contributed by atoms with Gasteiger partial charge in [-0.25, -0.2) is 4.98 Å². The van der Waals surface area contributed by atoms with Crippen LogP contribution in [0.1, 0.15) is 18.2 Å². The predicted molar refractivity (Wildman–Crippen MR) is 55.8 cm³/mol. The summed E-state index contributed by atoms with van der Waals surface area (Å²) in [7, 11) is 1.45. The van der Waals surface area contributed by atoms with Gasteiger partial charge >= 0.3 is 5.97 Å². The van der Waals surface area contributed by atoms with Crippen molar-refractivity contribution in [3.05, 3.63) is 23.5 Å². The smallest absolute Gasteiger partial charge is 0.310 e. The summed E-state index contributed by atoms with van der Waals surface area (Å²) in [6.07, 6.45) is 1.60. The number of esters is 1. The van der Waals surface area contributed by atoms with Crippen LogP contribution in [-0.2, 0) is 16.0 Å². The van der Waals surface area contributed by atoms with Crippen molar-refractivity contribution in [1.82, 2.24) is 4.98 Å². The Bertz CT molecular complexity index is 424. The maximum atomic E-state index is 11.2. The molecule has 1 aromatic heterocycles. The highest BCUT2D eigenvalue weighted by molar-refractivity contribution is 5.72. The fourth-order valence-electron chi connectivity index (χ4n) is 1.20. The quantitative estimate of drug-likeness (QED) is 0.709. The van der Waals surface area contributed by atoms with E-state index in [9.17, 15) is 4.79 Å². The summed E-state index contributed by atoms with van der Waals surface area (Å²) in [5, 5.41) is 8.72. The number of aromatic nitrogens is 1. The molecule has 16 heavy (non-hydrogen) atoms. The normalized spacial score (nSPS) is 9.31. The lowest BCUT2D eigenvalue weighted by molar-refractivity contribution is -0.142. The predicted octanol–water partition coefficient (Wildman–Crippen LogP) is 1.07. The van der Waals surface area contributed by atoms with E-state index in [0.717, 1.165) is 0 Å². The Morgan fingerprint density at radius 3 is 2.94 bits per heavy atom. The maximum absolute atomic E-state index is 11.2. The van der Waals surface area contributed by atoms with Gasteiger partial charge in [-0.1, -0.05) is 0 Å². The van der Waals surface area contributed by atoms with Gasteiger partial charge in [-0.05, 0) is 18.6 Å². The Balaban J connectivity index is 2.84. The molecule has 0 spiro atoms. The topological polar surface area (TPSA) is 72.2 Å². The molecular formula is C11H12N2O3. The average Bonchev–Trinajstić information content (AvgIpc) is 2.29. The molecule has 0 aliphatic heterocycles. The van der Waals surface area contributed by atoms with E-state index in [1.165, 1.54) is 13.3 Å². The zero-order chi connectivity index (χ0) is 12.0. The first-order valence-electron chi connectivity index (χ1n) is 4.79. The number of methoxy groups -OCH3 is 1. The van der Waals surface area contributed by atoms with E-state index >= 15 is 0 Å². The lowest BCUT2D eigenvalue weighted by Gasteiger charge is -2.05. The van der Waals surface area contributed by atoms with Crippen LogP contribution < -0.4 is 4.74 Å². The standard InChI is InChI=1S/C11H12N2O3/c1-3-16-11(14)5-8-4-10(15-2)9(6-12)13-7-8/h4,7H,3,5H2,1-2H3. The van der Waals surface area contributed by atoms with Gasteiger partial charge < -0.3 is 9.47 Å². The van der Waals surface area contributed by atoms with E-state index in [1.807, 2.05) is 6.07 Å². The molecule has 0 atom stereocenters. The van der Waals surface area contributed by atoms with Gasteiger partial charge in [0.15, 0.2) is 11.4 Å². The molecule has 0 aromatic carbocycles. The van der Waals surface area contributed by atoms with E-state index < -0.39 is 0 Å². The summed E-state index contributed by atoms with van der Waals surface area (Å²) >= 11 is 0. The molecule has 0 bridgehead atoms. The van der Waals surface area contributed by atoms with E-state index in [-0.39, 0.29) is 18.1 Å². The number of nitriles is 1. The third kappa shape index (κ3) is 2.95. The van der Waals surface area contributed by atoms with Gasteiger partial charge in [0.25, 0.3) is 0 Å². The molecule has 84 valence electrons. The maximum Gasteiger partial charge on any atom is 0.310 e. The number of hydrogen-bond acceptors (Lipinski definition) is 5. The summed E-state index contributed by atoms with van der Waals surface area (Å²) in [5.74, 6) is 0.0420. The molecule has 0 saturated heterocycles. The Labute approximate surface area is 93.6 Å². The van der Waals surface area contributed by atoms with Crippen LogP contribution in [0.25, 0.3) is 0 Å². The van der Waals surface area contributed by atoms with Crippen molar-refractivity contribution in [2.24, 2.45) is 0 Å². The molecule has 5 heteroatoms. The Hall–Kier alpha value is -2.09. The van der Waals surface area contributed by atoms with Crippen molar-refractivity contribution in [3.8, 4) is 11.8 Å². The molecule has 1 heterocycles. The number of ether oxygens (including phenoxy) is 2. The molecule has 0 aliphatic carbocycles. The largest absolute Gasteiger partial charge is 0.494 e. The lowest BCUT2D eigenvalue weighted by atomic mass is 10.2. The number of nitrogens with zero attached hydrogens (tertiary/aromatic N) is 2. The first-order valence-corrected chi connectivity index (χ1v) is 4.79. The van der Waals surface area contributed by atoms with Gasteiger partial charge in [0.2, 0.25) is 0 Å². The minimum absolute atomic E-state index is 0.128. The van der Waals surface area contributed by atoms with Crippen molar-refractivity contribution in [3.63, 3.8) is 0 Å². The molecule has 5 nitrogen and oxygen atoms in total. The third-order valence-electron chi connectivity index (χ3n) is 1.89. The molecule has 0 fully saturated rings. The monoisotopic (exact) mass is 220 g/mol. The Kier molecular flexibility index (Phi) is 4.28. The van der Waals surface area contributed by atoms with Crippen molar-refractivity contribution in [2.75, 3.05) is 13.7 Å². The van der Waals surface area contributed by atoms with Crippen LogP contribution in [0.3, 0.4) is 0 Å². The van der Waals surface area contributed by atoms with Crippen LogP contribution in [0.5, 0.6) is 5.75 Å². The molecule has 1 aromatic rings. The molecule has 0 N–H and O–H groups in total. The van der Waals surface area contributed by atoms with Crippen LogP contribution in [0, 0.1) is 11.3 Å². The lowest BCUT2D eigenvalue weighted by Crippen LogP contribution is -2.08. The van der Waals surface area contributed by atoms with Crippen molar-refractivity contribution >= 4 is 5.97 Å². The number of carbonyl (C=O) groups excluding carboxylic acids is 1. The average molecular weight is 220 g/mol. The highest BCUT2D eigenvalue weighted by Crippen LogP contribution is 2.16. The minimum Gasteiger partial charge on any atom is -0.494 e. The fourth-order valence-corrected chi connectivity index (χ4v) is 1.20. The van der Waals surface area contributed by atoms with Crippen LogP contribution in [0.2, 0.25) is 0 Å². The highest BCUT2D eigenvalue weighted by atomic mass is 16.5. The van der Waals surface area contributed by atoms with E-state index in [4.69, 9.17) is 14.7 Å². The Morgan fingerprint density at radius 2 is 2.38 bits per heavy atom. The second-order valence-corrected chi connectivity index (χ2v) is 2.99. The number of pyridine rings is 1. The molecule has 0 radical (unpaired) electrons. The summed E-state index contributed by atoms with van der Waals surface area (Å²) < 4.78 is 9.78. The first kappa shape index (κ1) is 12.0. The van der Waals surface area contributed by atoms with Crippen LogP contribution >= 0.6 is 0 Å². The SMILES string of the molecule is CCOC(=O)Cc1cnc(C#N)c(OC)c1. The van der Waals surface area contributed by atoms with Crippen molar-refractivity contribution < 1.29 is 14.3 Å². The second kappa shape index (κ2) is 5.71. The van der Waals surface area contributed by atoms with E-state index in [1.54, 1.807) is 13.0 Å². The minimum atomic E-state index is -0.323. The van der Waals surface area contributed by atoms with Crippen LogP contribution in [-0.4, -0.2) is 24.7 Å². The van der Waals surface area contributed by atoms with Crippen LogP contribution in [0.4, 0.5) is 0 Å². The number of hydrogen-bond donors (Lipinski definition) is 0. The van der Waals surface area contributed by atoms with Gasteiger partial charge in [-0.3, -0.25) is 4.79 Å². The first-order chi connectivity index (χ1) is 7.71. The molecule has 1 rings (SSSR count). The fraction of sp³-hybridized carbons (Fsp3) is 0.364. The summed E-state index contributed by atoms with van der Waals surface area (Å²) in [6.45, 7) is 2.09. The van der Waals surface area contributed by atoms with Gasteiger partial charge in [0.1, 0.15) is 6.07 Å². The van der Waals surface area contributed by atoms with Gasteiger partial charge in [-0.2, -0.15) is 5.26 Å². The summed E-state index contributed by atoms with van der Waals surface area (Å²) in [6, 6.07) is 3.51. The molecule has 0 saturated carbocycles. The zero-order valence-corrected chi connectivity index (χ0v) is 9.19. The zero-order valence-electron chi connectivity index (χ0n) is 9.19. The van der Waals surface area contributed by atoms with Gasteiger partial charge in [-0.15, -0.1) is 0 Å². The van der Waals surface area contributed by atoms with Gasteiger partial charge in [0.05, 0.1) is 20.1 Å².